The van der Waals surface area contributed by atoms with Gasteiger partial charge in [0, 0.05) is 5.69 Å². The minimum Gasteiger partial charge on any atom is -0.493 e. The van der Waals surface area contributed by atoms with Crippen LogP contribution in [-0.2, 0) is 14.9 Å². The van der Waals surface area contributed by atoms with Gasteiger partial charge in [-0.05, 0) is 55.0 Å². The van der Waals surface area contributed by atoms with Crippen LogP contribution < -0.4 is 14.2 Å². The monoisotopic (exact) mass is 448 g/mol. The number of hydrogen-bond acceptors (Lipinski definition) is 6. The molecule has 0 spiro atoms. The number of amides is 1. The molecule has 1 amide bonds. The average Bonchev–Trinajstić information content (AvgIpc) is 2.78. The smallest absolute Gasteiger partial charge is 0.339 e. The van der Waals surface area contributed by atoms with Gasteiger partial charge in [-0.15, -0.1) is 0 Å². The Labute approximate surface area is 186 Å². The normalized spacial score (nSPS) is 11.3. The number of methoxy groups -OCH3 is 1. The molecule has 0 fully saturated rings. The predicted octanol–water partition coefficient (Wildman–Crippen LogP) is 4.32. The van der Waals surface area contributed by atoms with Crippen LogP contribution in [0.1, 0.15) is 11.1 Å². The molecule has 0 radical (unpaired) electrons. The van der Waals surface area contributed by atoms with Crippen molar-refractivity contribution in [3.8, 4) is 17.6 Å². The molecule has 0 aliphatic carbocycles. The van der Waals surface area contributed by atoms with E-state index < -0.39 is 16.0 Å². The molecule has 8 heteroatoms. The Balaban J connectivity index is 1.90. The summed E-state index contributed by atoms with van der Waals surface area (Å²) in [5.74, 6) is -0.475. The number of para-hydroxylation sites is 1. The molecule has 3 rings (SSSR count). The van der Waals surface area contributed by atoms with E-state index in [1.807, 2.05) is 13.0 Å². The standard InChI is InChI=1S/C24H20N2O5S/c1-17-8-11-21(12-9-17)32(28,29)31-23-15-18(10-13-22(23)30-2)14-19(16-25)24(27)26-20-6-4-3-5-7-20/h3-15H,1-2H3,(H,26,27)/b19-14+. The van der Waals surface area contributed by atoms with Crippen LogP contribution in [0.15, 0.2) is 83.3 Å². The molecule has 0 saturated heterocycles. The number of nitrogens with one attached hydrogen (secondary N) is 1. The largest absolute Gasteiger partial charge is 0.493 e. The average molecular weight is 449 g/mol. The quantitative estimate of drug-likeness (QED) is 0.328. The second-order valence-electron chi connectivity index (χ2n) is 6.75. The highest BCUT2D eigenvalue weighted by atomic mass is 32.2. The molecular weight excluding hydrogens is 428 g/mol. The van der Waals surface area contributed by atoms with Gasteiger partial charge in [0.2, 0.25) is 0 Å². The lowest BCUT2D eigenvalue weighted by molar-refractivity contribution is -0.112. The molecule has 0 aliphatic heterocycles. The van der Waals surface area contributed by atoms with Gasteiger partial charge in [0.1, 0.15) is 16.5 Å². The fraction of sp³-hybridized carbons (Fsp3) is 0.0833. The molecule has 0 aromatic heterocycles. The molecule has 7 nitrogen and oxygen atoms in total. The number of carbonyl (C=O) groups is 1. The van der Waals surface area contributed by atoms with E-state index in [1.165, 1.54) is 37.5 Å². The SMILES string of the molecule is COc1ccc(/C=C(\C#N)C(=O)Nc2ccccc2)cc1OS(=O)(=O)c1ccc(C)cc1. The Morgan fingerprint density at radius 1 is 1.00 bits per heavy atom. The molecule has 32 heavy (non-hydrogen) atoms. The van der Waals surface area contributed by atoms with Crippen LogP contribution in [0.5, 0.6) is 11.5 Å². The molecule has 0 atom stereocenters. The molecule has 3 aromatic carbocycles. The van der Waals surface area contributed by atoms with Crippen molar-refractivity contribution < 1.29 is 22.1 Å². The number of hydrogen-bond donors (Lipinski definition) is 1. The Hall–Kier alpha value is -4.09. The van der Waals surface area contributed by atoms with Crippen LogP contribution in [0.3, 0.4) is 0 Å². The van der Waals surface area contributed by atoms with Crippen molar-refractivity contribution >= 4 is 27.8 Å². The second-order valence-corrected chi connectivity index (χ2v) is 8.30. The fourth-order valence-electron chi connectivity index (χ4n) is 2.75. The van der Waals surface area contributed by atoms with Gasteiger partial charge in [-0.3, -0.25) is 4.79 Å². The highest BCUT2D eigenvalue weighted by molar-refractivity contribution is 7.87. The van der Waals surface area contributed by atoms with E-state index in [0.29, 0.717) is 11.3 Å². The summed E-state index contributed by atoms with van der Waals surface area (Å²) in [5, 5.41) is 12.1. The van der Waals surface area contributed by atoms with Gasteiger partial charge in [0.25, 0.3) is 5.91 Å². The Bertz CT molecular complexity index is 1290. The zero-order chi connectivity index (χ0) is 23.1. The summed E-state index contributed by atoms with van der Waals surface area (Å²) in [6.45, 7) is 1.84. The Kier molecular flexibility index (Phi) is 6.93. The van der Waals surface area contributed by atoms with Gasteiger partial charge < -0.3 is 14.2 Å². The van der Waals surface area contributed by atoms with Gasteiger partial charge in [0.15, 0.2) is 11.5 Å². The van der Waals surface area contributed by atoms with E-state index >= 15 is 0 Å². The van der Waals surface area contributed by atoms with Crippen molar-refractivity contribution in [2.45, 2.75) is 11.8 Å². The first-order chi connectivity index (χ1) is 15.3. The highest BCUT2D eigenvalue weighted by Crippen LogP contribution is 2.31. The first kappa shape index (κ1) is 22.6. The fourth-order valence-corrected chi connectivity index (χ4v) is 3.69. The number of anilines is 1. The maximum atomic E-state index is 12.7. The molecule has 0 unspecified atom stereocenters. The number of benzene rings is 3. The summed E-state index contributed by atoms with van der Waals surface area (Å²) in [6, 6.07) is 21.3. The summed E-state index contributed by atoms with van der Waals surface area (Å²) < 4.78 is 35.8. The highest BCUT2D eigenvalue weighted by Gasteiger charge is 2.19. The van der Waals surface area contributed by atoms with Crippen molar-refractivity contribution in [3.63, 3.8) is 0 Å². The number of nitriles is 1. The van der Waals surface area contributed by atoms with E-state index in [4.69, 9.17) is 8.92 Å². The van der Waals surface area contributed by atoms with E-state index in [1.54, 1.807) is 48.5 Å². The van der Waals surface area contributed by atoms with Crippen LogP contribution in [0.25, 0.3) is 6.08 Å². The van der Waals surface area contributed by atoms with E-state index in [9.17, 15) is 18.5 Å². The summed E-state index contributed by atoms with van der Waals surface area (Å²) in [7, 11) is -2.74. The zero-order valence-electron chi connectivity index (χ0n) is 17.4. The van der Waals surface area contributed by atoms with Crippen molar-refractivity contribution in [1.29, 1.82) is 5.26 Å². The molecule has 3 aromatic rings. The van der Waals surface area contributed by atoms with E-state index in [2.05, 4.69) is 5.32 Å². The van der Waals surface area contributed by atoms with Crippen LogP contribution in [0.2, 0.25) is 0 Å². The lowest BCUT2D eigenvalue weighted by Crippen LogP contribution is -2.13. The topological polar surface area (TPSA) is 105 Å². The third kappa shape index (κ3) is 5.53. The molecule has 1 N–H and O–H groups in total. The van der Waals surface area contributed by atoms with Gasteiger partial charge in [-0.2, -0.15) is 13.7 Å². The molecular formula is C24H20N2O5S. The summed E-state index contributed by atoms with van der Waals surface area (Å²) >= 11 is 0. The van der Waals surface area contributed by atoms with Crippen LogP contribution in [0.4, 0.5) is 5.69 Å². The first-order valence-electron chi connectivity index (χ1n) is 9.50. The van der Waals surface area contributed by atoms with Gasteiger partial charge in [-0.1, -0.05) is 42.0 Å². The number of rotatable bonds is 7. The van der Waals surface area contributed by atoms with Crippen LogP contribution >= 0.6 is 0 Å². The van der Waals surface area contributed by atoms with Crippen LogP contribution in [-0.4, -0.2) is 21.4 Å². The molecule has 162 valence electrons. The Morgan fingerprint density at radius 3 is 2.31 bits per heavy atom. The lowest BCUT2D eigenvalue weighted by atomic mass is 10.1. The minimum absolute atomic E-state index is 0.00829. The van der Waals surface area contributed by atoms with Gasteiger partial charge in [-0.25, -0.2) is 0 Å². The van der Waals surface area contributed by atoms with Crippen molar-refractivity contribution in [1.82, 2.24) is 0 Å². The lowest BCUT2D eigenvalue weighted by Gasteiger charge is -2.12. The van der Waals surface area contributed by atoms with Crippen molar-refractivity contribution in [2.24, 2.45) is 0 Å². The summed E-state index contributed by atoms with van der Waals surface area (Å²) in [6.07, 6.45) is 1.34. The maximum Gasteiger partial charge on any atom is 0.339 e. The van der Waals surface area contributed by atoms with E-state index in [0.717, 1.165) is 5.56 Å². The summed E-state index contributed by atoms with van der Waals surface area (Å²) in [5.41, 5.74) is 1.68. The number of carbonyl (C=O) groups excluding carboxylic acids is 1. The third-order valence-corrected chi connectivity index (χ3v) is 5.65. The minimum atomic E-state index is -4.12. The zero-order valence-corrected chi connectivity index (χ0v) is 18.2. The van der Waals surface area contributed by atoms with E-state index in [-0.39, 0.29) is 22.0 Å². The van der Waals surface area contributed by atoms with Gasteiger partial charge in [0.05, 0.1) is 7.11 Å². The number of nitrogens with zero attached hydrogens (tertiary/aromatic N) is 1. The summed E-state index contributed by atoms with van der Waals surface area (Å²) in [4.78, 5) is 12.4. The predicted molar refractivity (Wildman–Crippen MR) is 121 cm³/mol. The van der Waals surface area contributed by atoms with Crippen molar-refractivity contribution in [3.05, 3.63) is 89.5 Å². The molecule has 0 bridgehead atoms. The third-order valence-electron chi connectivity index (χ3n) is 4.40. The number of ether oxygens (including phenoxy) is 1. The number of aryl methyl sites for hydroxylation is 1. The second kappa shape index (κ2) is 9.81. The first-order valence-corrected chi connectivity index (χ1v) is 10.9. The van der Waals surface area contributed by atoms with Crippen molar-refractivity contribution in [2.75, 3.05) is 12.4 Å². The Morgan fingerprint density at radius 2 is 1.69 bits per heavy atom. The molecule has 0 aliphatic rings. The molecule has 0 heterocycles. The molecule has 0 saturated carbocycles. The van der Waals surface area contributed by atoms with Crippen LogP contribution in [0, 0.1) is 18.3 Å². The van der Waals surface area contributed by atoms with Gasteiger partial charge >= 0.3 is 10.1 Å². The maximum absolute atomic E-state index is 12.7.